The van der Waals surface area contributed by atoms with E-state index in [1.54, 1.807) is 18.2 Å². The summed E-state index contributed by atoms with van der Waals surface area (Å²) in [6.07, 6.45) is 1.82. The lowest BCUT2D eigenvalue weighted by atomic mass is 9.76. The molecule has 2 heterocycles. The molecule has 0 saturated heterocycles. The van der Waals surface area contributed by atoms with Gasteiger partial charge in [0.25, 0.3) is 5.56 Å². The highest BCUT2D eigenvalue weighted by Crippen LogP contribution is 2.43. The maximum atomic E-state index is 12.6. The second-order valence-electron chi connectivity index (χ2n) is 6.10. The number of aromatic nitrogens is 2. The second-order valence-corrected chi connectivity index (χ2v) is 6.91. The van der Waals surface area contributed by atoms with Crippen LogP contribution in [0.2, 0.25) is 10.0 Å². The number of allylic oxidation sites excluding steroid dienone is 2. The Morgan fingerprint density at radius 3 is 2.56 bits per heavy atom. The van der Waals surface area contributed by atoms with Crippen molar-refractivity contribution in [1.82, 2.24) is 9.97 Å². The summed E-state index contributed by atoms with van der Waals surface area (Å²) in [5.41, 5.74) is 1.13. The number of anilines is 1. The van der Waals surface area contributed by atoms with Crippen LogP contribution in [-0.4, -0.2) is 15.8 Å². The predicted molar refractivity (Wildman–Crippen MR) is 95.5 cm³/mol. The number of benzene rings is 1. The molecule has 1 aromatic carbocycles. The van der Waals surface area contributed by atoms with E-state index < -0.39 is 17.2 Å². The molecule has 0 amide bonds. The number of hydrogen-bond donors (Lipinski definition) is 3. The molecule has 2 aliphatic rings. The first kappa shape index (κ1) is 16.2. The molecule has 1 unspecified atom stereocenters. The number of nitrogens with one attached hydrogen (secondary N) is 3. The van der Waals surface area contributed by atoms with E-state index in [1.807, 2.05) is 0 Å². The number of carbonyl (C=O) groups is 1. The Kier molecular flexibility index (Phi) is 3.81. The summed E-state index contributed by atoms with van der Waals surface area (Å²) in [4.78, 5) is 41.6. The first-order valence-electron chi connectivity index (χ1n) is 7.80. The van der Waals surface area contributed by atoms with E-state index in [1.165, 1.54) is 0 Å². The summed E-state index contributed by atoms with van der Waals surface area (Å²) in [5.74, 6) is -0.297. The van der Waals surface area contributed by atoms with Gasteiger partial charge < -0.3 is 5.32 Å². The lowest BCUT2D eigenvalue weighted by Crippen LogP contribution is -2.36. The Bertz CT molecular complexity index is 1050. The van der Waals surface area contributed by atoms with Crippen LogP contribution in [0.1, 0.15) is 36.3 Å². The molecule has 2 aromatic rings. The third-order valence-corrected chi connectivity index (χ3v) is 5.30. The van der Waals surface area contributed by atoms with E-state index in [0.717, 1.165) is 12.1 Å². The normalized spacial score (nSPS) is 19.3. The Morgan fingerprint density at radius 1 is 1.00 bits per heavy atom. The van der Waals surface area contributed by atoms with Crippen LogP contribution in [0.4, 0.5) is 5.82 Å². The number of halogens is 2. The number of H-pyrrole nitrogens is 2. The van der Waals surface area contributed by atoms with E-state index in [9.17, 15) is 14.4 Å². The minimum Gasteiger partial charge on any atom is -0.344 e. The van der Waals surface area contributed by atoms with Crippen LogP contribution >= 0.6 is 23.2 Å². The molecule has 8 heteroatoms. The third kappa shape index (κ3) is 2.62. The monoisotopic (exact) mass is 377 g/mol. The van der Waals surface area contributed by atoms with Gasteiger partial charge in [0.2, 0.25) is 0 Å². The Morgan fingerprint density at radius 2 is 1.80 bits per heavy atom. The molecule has 4 rings (SSSR count). The van der Waals surface area contributed by atoms with Gasteiger partial charge in [-0.25, -0.2) is 4.79 Å². The highest BCUT2D eigenvalue weighted by molar-refractivity contribution is 6.42. The first-order valence-corrected chi connectivity index (χ1v) is 8.56. The van der Waals surface area contributed by atoms with Crippen LogP contribution in [0.3, 0.4) is 0 Å². The largest absolute Gasteiger partial charge is 0.344 e. The molecule has 1 aromatic heterocycles. The predicted octanol–water partition coefficient (Wildman–Crippen LogP) is 2.93. The summed E-state index contributed by atoms with van der Waals surface area (Å²) in [6, 6.07) is 5.03. The molecule has 0 saturated carbocycles. The molecule has 1 aliphatic heterocycles. The number of rotatable bonds is 1. The molecule has 128 valence electrons. The fourth-order valence-electron chi connectivity index (χ4n) is 3.52. The molecule has 0 bridgehead atoms. The average molecular weight is 378 g/mol. The van der Waals surface area contributed by atoms with Crippen LogP contribution in [-0.2, 0) is 4.79 Å². The summed E-state index contributed by atoms with van der Waals surface area (Å²) in [7, 11) is 0. The van der Waals surface area contributed by atoms with Gasteiger partial charge in [-0.15, -0.1) is 0 Å². The Labute approximate surface area is 151 Å². The zero-order chi connectivity index (χ0) is 17.7. The zero-order valence-electron chi connectivity index (χ0n) is 12.9. The SMILES string of the molecule is O=C1CCCC2=C1C(c1ccc(Cl)c(Cl)c1)c1c([nH]c(=O)[nH]c1=O)N2. The van der Waals surface area contributed by atoms with E-state index in [0.29, 0.717) is 45.4 Å². The van der Waals surface area contributed by atoms with Crippen LogP contribution in [0.25, 0.3) is 0 Å². The molecular weight excluding hydrogens is 365 g/mol. The molecule has 6 nitrogen and oxygen atoms in total. The highest BCUT2D eigenvalue weighted by atomic mass is 35.5. The molecule has 25 heavy (non-hydrogen) atoms. The molecule has 1 atom stereocenters. The molecule has 3 N–H and O–H groups in total. The number of ketones is 1. The Balaban J connectivity index is 2.02. The van der Waals surface area contributed by atoms with E-state index in [-0.39, 0.29) is 5.78 Å². The summed E-state index contributed by atoms with van der Waals surface area (Å²) in [5, 5.41) is 3.79. The molecule has 1 aliphatic carbocycles. The Hall–Kier alpha value is -2.31. The van der Waals surface area contributed by atoms with Crippen LogP contribution < -0.4 is 16.6 Å². The van der Waals surface area contributed by atoms with Crippen molar-refractivity contribution in [1.29, 1.82) is 0 Å². The quantitative estimate of drug-likeness (QED) is 0.711. The summed E-state index contributed by atoms with van der Waals surface area (Å²) >= 11 is 12.1. The molecule has 0 radical (unpaired) electrons. The lowest BCUT2D eigenvalue weighted by molar-refractivity contribution is -0.116. The third-order valence-electron chi connectivity index (χ3n) is 4.57. The number of Topliss-reactive ketones (excluding diaryl/α,β-unsaturated/α-hetero) is 1. The van der Waals surface area contributed by atoms with Gasteiger partial charge in [-0.1, -0.05) is 29.3 Å². The molecule has 0 spiro atoms. The van der Waals surface area contributed by atoms with Gasteiger partial charge >= 0.3 is 5.69 Å². The molecule has 0 fully saturated rings. The fraction of sp³-hybridized carbons (Fsp3) is 0.235. The van der Waals surface area contributed by atoms with Crippen molar-refractivity contribution in [2.45, 2.75) is 25.2 Å². The summed E-state index contributed by atoms with van der Waals surface area (Å²) in [6.45, 7) is 0. The van der Waals surface area contributed by atoms with Gasteiger partial charge in [0.1, 0.15) is 5.82 Å². The van der Waals surface area contributed by atoms with Crippen molar-refractivity contribution >= 4 is 34.8 Å². The lowest BCUT2D eigenvalue weighted by Gasteiger charge is -2.32. The average Bonchev–Trinajstić information content (AvgIpc) is 2.55. The topological polar surface area (TPSA) is 94.8 Å². The van der Waals surface area contributed by atoms with Crippen LogP contribution in [0.15, 0.2) is 39.1 Å². The smallest absolute Gasteiger partial charge is 0.327 e. The van der Waals surface area contributed by atoms with Crippen molar-refractivity contribution in [2.24, 2.45) is 0 Å². The van der Waals surface area contributed by atoms with Crippen molar-refractivity contribution in [3.05, 3.63) is 71.5 Å². The van der Waals surface area contributed by atoms with Crippen molar-refractivity contribution < 1.29 is 4.79 Å². The minimum absolute atomic E-state index is 0.0129. The van der Waals surface area contributed by atoms with Gasteiger partial charge in [-0.05, 0) is 30.5 Å². The van der Waals surface area contributed by atoms with Gasteiger partial charge in [0.15, 0.2) is 5.78 Å². The van der Waals surface area contributed by atoms with Gasteiger partial charge in [-0.2, -0.15) is 0 Å². The van der Waals surface area contributed by atoms with Crippen LogP contribution in [0.5, 0.6) is 0 Å². The number of fused-ring (bicyclic) bond motifs is 1. The molecular formula is C17H13Cl2N3O3. The standard InChI is InChI=1S/C17H13Cl2N3O3/c18-8-5-4-7(6-9(8)19)12-13-10(2-1-3-11(13)23)20-15-14(12)16(24)22-17(25)21-15/h4-6,12H,1-3H2,(H3,20,21,22,24,25). The number of carbonyl (C=O) groups excluding carboxylic acids is 1. The maximum Gasteiger partial charge on any atom is 0.327 e. The minimum atomic E-state index is -0.602. The summed E-state index contributed by atoms with van der Waals surface area (Å²) < 4.78 is 0. The van der Waals surface area contributed by atoms with E-state index in [4.69, 9.17) is 23.2 Å². The fourth-order valence-corrected chi connectivity index (χ4v) is 3.83. The highest BCUT2D eigenvalue weighted by Gasteiger charge is 2.37. The van der Waals surface area contributed by atoms with Gasteiger partial charge in [0, 0.05) is 23.6 Å². The van der Waals surface area contributed by atoms with Gasteiger partial charge in [0.05, 0.1) is 15.6 Å². The first-order chi connectivity index (χ1) is 12.0. The van der Waals surface area contributed by atoms with Crippen molar-refractivity contribution in [3.63, 3.8) is 0 Å². The second kappa shape index (κ2) is 5.89. The van der Waals surface area contributed by atoms with Crippen molar-refractivity contribution in [2.75, 3.05) is 5.32 Å². The van der Waals surface area contributed by atoms with Crippen molar-refractivity contribution in [3.8, 4) is 0 Å². The zero-order valence-corrected chi connectivity index (χ0v) is 14.4. The maximum absolute atomic E-state index is 12.6. The van der Waals surface area contributed by atoms with Crippen LogP contribution in [0, 0.1) is 0 Å². The van der Waals surface area contributed by atoms with Gasteiger partial charge in [-0.3, -0.25) is 19.6 Å². The van der Waals surface area contributed by atoms with E-state index >= 15 is 0 Å². The number of hydrogen-bond acceptors (Lipinski definition) is 4. The van der Waals surface area contributed by atoms with E-state index in [2.05, 4.69) is 15.3 Å². The number of aromatic amines is 2.